The summed E-state index contributed by atoms with van der Waals surface area (Å²) in [7, 11) is -2.26. The van der Waals surface area contributed by atoms with Crippen molar-refractivity contribution in [1.82, 2.24) is 36.0 Å². The van der Waals surface area contributed by atoms with E-state index in [1.54, 1.807) is 13.6 Å². The van der Waals surface area contributed by atoms with E-state index in [0.717, 1.165) is 208 Å². The predicted octanol–water partition coefficient (Wildman–Crippen LogP) is 5.78. The average molecular weight is 1270 g/mol. The van der Waals surface area contributed by atoms with E-state index in [0.29, 0.717) is 45.4 Å². The highest BCUT2D eigenvalue weighted by Gasteiger charge is 2.47. The van der Waals surface area contributed by atoms with Crippen LogP contribution in [0.4, 0.5) is 0 Å². The van der Waals surface area contributed by atoms with Gasteiger partial charge in [0.2, 0.25) is 17.9 Å². The first-order valence-corrected chi connectivity index (χ1v) is 33.7. The van der Waals surface area contributed by atoms with Crippen LogP contribution in [0.2, 0.25) is 27.3 Å². The van der Waals surface area contributed by atoms with Crippen LogP contribution in [0.25, 0.3) is 0 Å². The van der Waals surface area contributed by atoms with Crippen LogP contribution in [-0.2, 0) is 62.0 Å². The van der Waals surface area contributed by atoms with Crippen molar-refractivity contribution in [3.8, 4) is 0 Å². The molecule has 0 aromatic carbocycles. The smallest absolute Gasteiger partial charge is 0.376 e. The molecule has 0 bridgehead atoms. The number of nitrogens with one attached hydrogen (secondary N) is 5. The highest BCUT2D eigenvalue weighted by Crippen LogP contribution is 2.22. The van der Waals surface area contributed by atoms with Crippen molar-refractivity contribution >= 4 is 75.8 Å². The molecule has 24 nitrogen and oxygen atoms in total. The zero-order valence-corrected chi connectivity index (χ0v) is 56.3. The lowest BCUT2D eigenvalue weighted by Gasteiger charge is -2.34. The van der Waals surface area contributed by atoms with Gasteiger partial charge in [0.15, 0.2) is 18.3 Å². The number of hydrogen-bond donors (Lipinski definition) is 9. The molecule has 0 saturated carbocycles. The van der Waals surface area contributed by atoms with Crippen LogP contribution in [0.5, 0.6) is 0 Å². The number of esters is 5. The van der Waals surface area contributed by atoms with Gasteiger partial charge in [0.1, 0.15) is 6.61 Å². The summed E-state index contributed by atoms with van der Waals surface area (Å²) < 4.78 is 26.2. The summed E-state index contributed by atoms with van der Waals surface area (Å²) >= 11 is 0. The lowest BCUT2D eigenvalue weighted by molar-refractivity contribution is -0.203. The van der Waals surface area contributed by atoms with Gasteiger partial charge in [-0.05, 0) is 137 Å². The van der Waals surface area contributed by atoms with E-state index in [-0.39, 0.29) is 24.3 Å². The summed E-state index contributed by atoms with van der Waals surface area (Å²) in [6.45, 7) is 17.7. The van der Waals surface area contributed by atoms with E-state index in [2.05, 4.69) is 36.0 Å². The van der Waals surface area contributed by atoms with E-state index in [1.807, 2.05) is 13.6 Å². The maximum absolute atomic E-state index is 13.4. The number of rotatable bonds is 59. The van der Waals surface area contributed by atoms with Crippen LogP contribution in [0.15, 0.2) is 0 Å². The van der Waals surface area contributed by atoms with Crippen LogP contribution in [0.3, 0.4) is 0 Å². The number of ether oxygens (including phenoxy) is 5. The first-order chi connectivity index (χ1) is 42.4. The van der Waals surface area contributed by atoms with Gasteiger partial charge in [0.05, 0.1) is 0 Å². The third-order valence-electron chi connectivity index (χ3n) is 15.2. The summed E-state index contributed by atoms with van der Waals surface area (Å²) in [5.74, 6) is -4.68. The van der Waals surface area contributed by atoms with Crippen LogP contribution in [0.1, 0.15) is 221 Å². The standard InChI is InChI=1S/C61H119B4N7O17/c1-49(73)85-48-55(86-50(2)74)58(87-51(3)75)59(88-52(4)76)60(89-53(5)77)61(80)68-41-31-24-19-15-11-13-17-21-27-37-56(78)66-39-29-23-18-14-10-12-16-20-28-38-57(79)67-40-30-25-22-26-36-54(46-71(64(8)83)44-34-32-42-69-62(6)81)47-72(65(9)84)45-35-33-43-70-63(7)82/h54-55,58-60,69-70,81-84H,10-48H2,1-9H3,(H,66,78)(H,67,79)(H,68,80)/t55-,58-,59+,60-/m1/s1. The molecule has 0 saturated heterocycles. The predicted molar refractivity (Wildman–Crippen MR) is 350 cm³/mol. The first-order valence-electron chi connectivity index (χ1n) is 33.7. The van der Waals surface area contributed by atoms with Crippen molar-refractivity contribution < 1.29 is 82.1 Å². The van der Waals surface area contributed by atoms with Crippen molar-refractivity contribution in [1.29, 1.82) is 0 Å². The fourth-order valence-electron chi connectivity index (χ4n) is 10.5. The first kappa shape index (κ1) is 84.7. The van der Waals surface area contributed by atoms with Gasteiger partial charge in [-0.3, -0.25) is 38.4 Å². The number of unbranched alkanes of at least 4 members (excludes halogenated alkanes) is 21. The van der Waals surface area contributed by atoms with Gasteiger partial charge in [-0.1, -0.05) is 109 Å². The molecule has 512 valence electrons. The third-order valence-corrected chi connectivity index (χ3v) is 15.2. The fourth-order valence-corrected chi connectivity index (χ4v) is 10.5. The Labute approximate surface area is 535 Å². The van der Waals surface area contributed by atoms with Gasteiger partial charge in [-0.15, -0.1) is 0 Å². The molecule has 0 spiro atoms. The Bertz CT molecular complexity index is 1870. The molecule has 28 heteroatoms. The summed E-state index contributed by atoms with van der Waals surface area (Å²) in [5, 5.41) is 55.3. The monoisotopic (exact) mass is 1270 g/mol. The average Bonchev–Trinajstić information content (AvgIpc) is 2.49. The number of nitrogens with zero attached hydrogens (tertiary/aromatic N) is 2. The van der Waals surface area contributed by atoms with Crippen molar-refractivity contribution in [2.75, 3.05) is 65.5 Å². The van der Waals surface area contributed by atoms with E-state index < -0.39 is 95.0 Å². The van der Waals surface area contributed by atoms with Gasteiger partial charge in [0.25, 0.3) is 5.91 Å². The van der Waals surface area contributed by atoms with Gasteiger partial charge < -0.3 is 79.8 Å². The molecule has 0 aromatic heterocycles. The SMILES string of the molecule is CB(O)NCCCCN(CC(CCCCCCNC(=O)CCCCCCCCCCCNC(=O)CCCCCCCCCCCNC(=O)[C@H](OC(C)=O)[C@@H](OC(C)=O)[C@H](OC(C)=O)[C@@H](COC(C)=O)OC(C)=O)CN(CCCCNB(C)O)B(C)O)B(C)O. The zero-order valence-electron chi connectivity index (χ0n) is 56.3. The molecule has 0 unspecified atom stereocenters. The number of hydrogen-bond acceptors (Lipinski definition) is 21. The molecule has 0 heterocycles. The Morgan fingerprint density at radius 2 is 0.742 bits per heavy atom. The summed E-state index contributed by atoms with van der Waals surface area (Å²) in [5.41, 5.74) is 0. The molecule has 0 rings (SSSR count). The minimum atomic E-state index is -1.81. The number of amides is 3. The molecule has 3 amide bonds. The van der Waals surface area contributed by atoms with Crippen LogP contribution >= 0.6 is 0 Å². The van der Waals surface area contributed by atoms with Gasteiger partial charge in [-0.25, -0.2) is 0 Å². The van der Waals surface area contributed by atoms with Gasteiger partial charge in [0, 0.05) is 67.1 Å². The van der Waals surface area contributed by atoms with E-state index in [4.69, 9.17) is 23.7 Å². The molecule has 0 fully saturated rings. The van der Waals surface area contributed by atoms with E-state index >= 15 is 0 Å². The highest BCUT2D eigenvalue weighted by atomic mass is 16.6. The lowest BCUT2D eigenvalue weighted by Crippen LogP contribution is -2.57. The maximum Gasteiger partial charge on any atom is 0.376 e. The molecule has 0 aliphatic carbocycles. The highest BCUT2D eigenvalue weighted by molar-refractivity contribution is 6.46. The van der Waals surface area contributed by atoms with Crippen LogP contribution < -0.4 is 26.4 Å². The minimum absolute atomic E-state index is 0.103. The molecule has 0 aliphatic heterocycles. The molecular weight excluding hydrogens is 1150 g/mol. The molecular formula is C61H119B4N7O17. The Balaban J connectivity index is 4.29. The molecule has 9 N–H and O–H groups in total. The summed E-state index contributed by atoms with van der Waals surface area (Å²) in [6.07, 6.45) is 21.0. The second kappa shape index (κ2) is 55.3. The number of carbonyl (C=O) groups is 8. The fraction of sp³-hybridized carbons (Fsp3) is 0.869. The number of carbonyl (C=O) groups excluding carboxylic acids is 8. The second-order valence-electron chi connectivity index (χ2n) is 24.0. The topological polar surface area (TPSA) is 330 Å². The summed E-state index contributed by atoms with van der Waals surface area (Å²) in [6, 6.07) is 0. The lowest BCUT2D eigenvalue weighted by atomic mass is 9.80. The largest absolute Gasteiger partial charge is 0.462 e. The van der Waals surface area contributed by atoms with Crippen molar-refractivity contribution in [3.05, 3.63) is 0 Å². The summed E-state index contributed by atoms with van der Waals surface area (Å²) in [4.78, 5) is 103. The maximum atomic E-state index is 13.4. The molecule has 0 aliphatic rings. The molecule has 89 heavy (non-hydrogen) atoms. The molecule has 4 atom stereocenters. The van der Waals surface area contributed by atoms with Gasteiger partial charge in [-0.2, -0.15) is 0 Å². The van der Waals surface area contributed by atoms with Gasteiger partial charge >= 0.3 is 58.0 Å². The second-order valence-corrected chi connectivity index (χ2v) is 24.0. The van der Waals surface area contributed by atoms with Crippen LogP contribution in [-0.4, -0.2) is 195 Å². The van der Waals surface area contributed by atoms with Crippen molar-refractivity contribution in [2.45, 2.75) is 273 Å². The Hall–Kier alpha value is -4.30. The van der Waals surface area contributed by atoms with E-state index in [1.165, 1.54) is 19.3 Å². The molecule has 0 radical (unpaired) electrons. The Morgan fingerprint density at radius 3 is 1.11 bits per heavy atom. The minimum Gasteiger partial charge on any atom is -0.462 e. The van der Waals surface area contributed by atoms with E-state index in [9.17, 15) is 58.5 Å². The normalized spacial score (nSPS) is 12.6. The third kappa shape index (κ3) is 51.0. The van der Waals surface area contributed by atoms with Crippen molar-refractivity contribution in [3.63, 3.8) is 0 Å². The quantitative estimate of drug-likeness (QED) is 0.0151. The van der Waals surface area contributed by atoms with Crippen molar-refractivity contribution in [2.24, 2.45) is 5.92 Å². The Morgan fingerprint density at radius 1 is 0.393 bits per heavy atom. The van der Waals surface area contributed by atoms with Crippen LogP contribution in [0, 0.1) is 5.92 Å². The Kier molecular flexibility index (Phi) is 52.7. The zero-order chi connectivity index (χ0) is 66.6. The molecule has 0 aromatic rings.